The lowest BCUT2D eigenvalue weighted by molar-refractivity contribution is 0.0951. The van der Waals surface area contributed by atoms with Crippen molar-refractivity contribution in [3.63, 3.8) is 0 Å². The van der Waals surface area contributed by atoms with E-state index in [1.54, 1.807) is 34.2 Å². The number of carbonyl (C=O) groups is 1. The Morgan fingerprint density at radius 3 is 2.70 bits per heavy atom. The second-order valence-electron chi connectivity index (χ2n) is 7.69. The van der Waals surface area contributed by atoms with Crippen molar-refractivity contribution in [1.29, 1.82) is 0 Å². The number of amides is 1. The summed E-state index contributed by atoms with van der Waals surface area (Å²) >= 11 is 7.62. The summed E-state index contributed by atoms with van der Waals surface area (Å²) in [6, 6.07) is 13.2. The van der Waals surface area contributed by atoms with Gasteiger partial charge in [0.15, 0.2) is 0 Å². The van der Waals surface area contributed by atoms with Crippen molar-refractivity contribution in [2.75, 3.05) is 11.9 Å². The Morgan fingerprint density at radius 1 is 1.15 bits per heavy atom. The summed E-state index contributed by atoms with van der Waals surface area (Å²) in [6.07, 6.45) is 3.35. The summed E-state index contributed by atoms with van der Waals surface area (Å²) in [4.78, 5) is 34.0. The van der Waals surface area contributed by atoms with Crippen LogP contribution in [-0.2, 0) is 6.54 Å². The molecule has 0 radical (unpaired) electrons. The SMILES string of the molecule is CCCCNC(=O)c1cn(Cc2ccc(Cl)cc2)c(Nc2ccc3nc(C)sc3c2)nc1=O. The minimum atomic E-state index is -0.575. The molecule has 2 heterocycles. The van der Waals surface area contributed by atoms with Crippen molar-refractivity contribution in [3.8, 4) is 0 Å². The summed E-state index contributed by atoms with van der Waals surface area (Å²) in [5.74, 6) is -0.0699. The van der Waals surface area contributed by atoms with Crippen molar-refractivity contribution in [1.82, 2.24) is 19.9 Å². The highest BCUT2D eigenvalue weighted by Gasteiger charge is 2.16. The van der Waals surface area contributed by atoms with E-state index in [0.717, 1.165) is 39.3 Å². The van der Waals surface area contributed by atoms with Crippen LogP contribution in [0, 0.1) is 6.92 Å². The molecular formula is C24H24ClN5O2S. The van der Waals surface area contributed by atoms with Crippen molar-refractivity contribution in [2.24, 2.45) is 0 Å². The maximum atomic E-state index is 12.7. The molecule has 0 aliphatic heterocycles. The van der Waals surface area contributed by atoms with Crippen LogP contribution >= 0.6 is 22.9 Å². The van der Waals surface area contributed by atoms with Crippen LogP contribution in [0.2, 0.25) is 5.02 Å². The number of hydrogen-bond donors (Lipinski definition) is 2. The van der Waals surface area contributed by atoms with E-state index in [0.29, 0.717) is 24.1 Å². The van der Waals surface area contributed by atoms with Crippen LogP contribution in [0.15, 0.2) is 53.5 Å². The number of rotatable bonds is 8. The number of anilines is 2. The van der Waals surface area contributed by atoms with Crippen LogP contribution in [0.25, 0.3) is 10.2 Å². The molecule has 7 nitrogen and oxygen atoms in total. The zero-order chi connectivity index (χ0) is 23.4. The lowest BCUT2D eigenvalue weighted by Crippen LogP contribution is -2.32. The quantitative estimate of drug-likeness (QED) is 0.340. The third-order valence-corrected chi connectivity index (χ3v) is 6.26. The van der Waals surface area contributed by atoms with E-state index in [9.17, 15) is 9.59 Å². The highest BCUT2D eigenvalue weighted by molar-refractivity contribution is 7.18. The van der Waals surface area contributed by atoms with Crippen molar-refractivity contribution in [2.45, 2.75) is 33.2 Å². The lowest BCUT2D eigenvalue weighted by atomic mass is 10.2. The Morgan fingerprint density at radius 2 is 1.94 bits per heavy atom. The minimum absolute atomic E-state index is 0.0131. The van der Waals surface area contributed by atoms with E-state index >= 15 is 0 Å². The first kappa shape index (κ1) is 22.9. The van der Waals surface area contributed by atoms with Gasteiger partial charge in [-0.05, 0) is 49.2 Å². The minimum Gasteiger partial charge on any atom is -0.352 e. The summed E-state index contributed by atoms with van der Waals surface area (Å²) in [6.45, 7) is 4.93. The summed E-state index contributed by atoms with van der Waals surface area (Å²) < 4.78 is 2.80. The average molecular weight is 482 g/mol. The summed E-state index contributed by atoms with van der Waals surface area (Å²) in [7, 11) is 0. The molecule has 0 fully saturated rings. The van der Waals surface area contributed by atoms with E-state index in [1.165, 1.54) is 0 Å². The normalized spacial score (nSPS) is 11.0. The molecule has 0 unspecified atom stereocenters. The molecule has 0 saturated carbocycles. The third-order valence-electron chi connectivity index (χ3n) is 5.07. The number of fused-ring (bicyclic) bond motifs is 1. The molecule has 1 amide bonds. The van der Waals surface area contributed by atoms with Gasteiger partial charge >= 0.3 is 0 Å². The van der Waals surface area contributed by atoms with Crippen molar-refractivity contribution < 1.29 is 4.79 Å². The van der Waals surface area contributed by atoms with Gasteiger partial charge in [-0.2, -0.15) is 4.98 Å². The molecule has 2 aromatic carbocycles. The Balaban J connectivity index is 1.69. The van der Waals surface area contributed by atoms with Gasteiger partial charge in [-0.15, -0.1) is 11.3 Å². The summed E-state index contributed by atoms with van der Waals surface area (Å²) in [5.41, 5.74) is 2.10. The largest absolute Gasteiger partial charge is 0.352 e. The molecule has 0 aliphatic carbocycles. The fourth-order valence-electron chi connectivity index (χ4n) is 3.38. The van der Waals surface area contributed by atoms with Gasteiger partial charge in [0.25, 0.3) is 11.5 Å². The van der Waals surface area contributed by atoms with E-state index < -0.39 is 11.5 Å². The second-order valence-corrected chi connectivity index (χ2v) is 9.36. The fourth-order valence-corrected chi connectivity index (χ4v) is 4.37. The third kappa shape index (κ3) is 5.58. The lowest BCUT2D eigenvalue weighted by Gasteiger charge is -2.16. The first-order valence-electron chi connectivity index (χ1n) is 10.7. The number of carbonyl (C=O) groups excluding carboxylic acids is 1. The first-order chi connectivity index (χ1) is 15.9. The van der Waals surface area contributed by atoms with Crippen molar-refractivity contribution >= 4 is 50.7 Å². The van der Waals surface area contributed by atoms with E-state index in [-0.39, 0.29) is 5.56 Å². The second kappa shape index (κ2) is 10.1. The van der Waals surface area contributed by atoms with Crippen LogP contribution in [0.3, 0.4) is 0 Å². The zero-order valence-electron chi connectivity index (χ0n) is 18.4. The van der Waals surface area contributed by atoms with Gasteiger partial charge in [0.05, 0.1) is 21.8 Å². The molecule has 4 rings (SSSR count). The number of aromatic nitrogens is 3. The topological polar surface area (TPSA) is 88.9 Å². The standard InChI is InChI=1S/C24H24ClN5O2S/c1-3-4-11-26-22(31)19-14-30(13-16-5-7-17(25)8-6-16)24(29-23(19)32)28-18-9-10-20-21(12-18)33-15(2)27-20/h5-10,12,14H,3-4,11,13H2,1-2H3,(H,26,31)(H,28,29,32). The molecule has 4 aromatic rings. The highest BCUT2D eigenvalue weighted by Crippen LogP contribution is 2.26. The summed E-state index contributed by atoms with van der Waals surface area (Å²) in [5, 5.41) is 7.66. The van der Waals surface area contributed by atoms with Crippen LogP contribution in [0.5, 0.6) is 0 Å². The fraction of sp³-hybridized carbons (Fsp3) is 0.250. The first-order valence-corrected chi connectivity index (χ1v) is 11.9. The molecule has 9 heteroatoms. The monoisotopic (exact) mass is 481 g/mol. The molecule has 0 saturated heterocycles. The van der Waals surface area contributed by atoms with Gasteiger partial charge in [-0.3, -0.25) is 9.59 Å². The van der Waals surface area contributed by atoms with Crippen LogP contribution in [-0.4, -0.2) is 27.0 Å². The molecular weight excluding hydrogens is 458 g/mol. The number of nitrogens with one attached hydrogen (secondary N) is 2. The Bertz CT molecular complexity index is 1350. The molecule has 2 N–H and O–H groups in total. The van der Waals surface area contributed by atoms with Gasteiger partial charge < -0.3 is 15.2 Å². The van der Waals surface area contributed by atoms with Crippen LogP contribution in [0.1, 0.15) is 40.7 Å². The average Bonchev–Trinajstić information content (AvgIpc) is 3.16. The molecule has 170 valence electrons. The number of nitrogens with zero attached hydrogens (tertiary/aromatic N) is 3. The number of benzene rings is 2. The van der Waals surface area contributed by atoms with Gasteiger partial charge in [0.2, 0.25) is 5.95 Å². The van der Waals surface area contributed by atoms with Crippen LogP contribution in [0.4, 0.5) is 11.6 Å². The molecule has 0 aliphatic rings. The van der Waals surface area contributed by atoms with Crippen molar-refractivity contribution in [3.05, 3.63) is 80.2 Å². The van der Waals surface area contributed by atoms with E-state index in [4.69, 9.17) is 11.6 Å². The molecule has 33 heavy (non-hydrogen) atoms. The number of thiazole rings is 1. The number of aryl methyl sites for hydroxylation is 1. The maximum Gasteiger partial charge on any atom is 0.287 e. The van der Waals surface area contributed by atoms with E-state index in [1.807, 2.05) is 44.2 Å². The Labute approximate surface area is 200 Å². The van der Waals surface area contributed by atoms with Gasteiger partial charge in [0.1, 0.15) is 5.56 Å². The highest BCUT2D eigenvalue weighted by atomic mass is 35.5. The van der Waals surface area contributed by atoms with E-state index in [2.05, 4.69) is 20.6 Å². The van der Waals surface area contributed by atoms with Gasteiger partial charge in [-0.1, -0.05) is 37.1 Å². The smallest absolute Gasteiger partial charge is 0.287 e. The number of halogens is 1. The zero-order valence-corrected chi connectivity index (χ0v) is 20.0. The molecule has 2 aromatic heterocycles. The van der Waals surface area contributed by atoms with Gasteiger partial charge in [-0.25, -0.2) is 4.98 Å². The number of unbranched alkanes of at least 4 members (excludes halogenated alkanes) is 1. The predicted molar refractivity (Wildman–Crippen MR) is 134 cm³/mol. The maximum absolute atomic E-state index is 12.7. The molecule has 0 bridgehead atoms. The molecule has 0 spiro atoms. The predicted octanol–water partition coefficient (Wildman–Crippen LogP) is 5.14. The Kier molecular flexibility index (Phi) is 7.05. The van der Waals surface area contributed by atoms with Gasteiger partial charge in [0, 0.05) is 23.5 Å². The van der Waals surface area contributed by atoms with Crippen LogP contribution < -0.4 is 16.2 Å². The molecule has 0 atom stereocenters. The Hall–Kier alpha value is -3.23. The number of hydrogen-bond acceptors (Lipinski definition) is 6.